The number of anilines is 2. The number of hydrogen-bond donors (Lipinski definition) is 1. The van der Waals surface area contributed by atoms with Crippen LogP contribution in [0.3, 0.4) is 0 Å². The highest BCUT2D eigenvalue weighted by Crippen LogP contribution is 2.23. The first kappa shape index (κ1) is 16.6. The maximum Gasteiger partial charge on any atom is 0.327 e. The Morgan fingerprint density at radius 2 is 2.07 bits per heavy atom. The average Bonchev–Trinajstić information content (AvgIpc) is 3.30. The summed E-state index contributed by atoms with van der Waals surface area (Å²) in [5.74, 6) is -0.316. The molecule has 3 aromatic heterocycles. The molecule has 4 aromatic rings. The van der Waals surface area contributed by atoms with Gasteiger partial charge in [0.15, 0.2) is 5.65 Å². The molecule has 0 unspecified atom stereocenters. The summed E-state index contributed by atoms with van der Waals surface area (Å²) in [5, 5.41) is 12.1. The van der Waals surface area contributed by atoms with Gasteiger partial charge in [0.25, 0.3) is 0 Å². The third-order valence-corrected chi connectivity index (χ3v) is 3.88. The van der Waals surface area contributed by atoms with Gasteiger partial charge >= 0.3 is 5.97 Å². The Labute approximate surface area is 152 Å². The average molecular weight is 367 g/mol. The van der Waals surface area contributed by atoms with Gasteiger partial charge in [0, 0.05) is 0 Å². The fourth-order valence-electron chi connectivity index (χ4n) is 2.59. The van der Waals surface area contributed by atoms with Gasteiger partial charge in [0.1, 0.15) is 30.2 Å². The van der Waals surface area contributed by atoms with E-state index in [2.05, 4.69) is 30.2 Å². The first-order valence-electron chi connectivity index (χ1n) is 7.95. The molecule has 10 heteroatoms. The summed E-state index contributed by atoms with van der Waals surface area (Å²) in [4.78, 5) is 19.9. The largest absolute Gasteiger partial charge is 0.468 e. The Morgan fingerprint density at radius 1 is 1.22 bits per heavy atom. The molecule has 9 nitrogen and oxygen atoms in total. The van der Waals surface area contributed by atoms with E-state index in [9.17, 15) is 9.18 Å². The number of ether oxygens (including phenoxy) is 1. The van der Waals surface area contributed by atoms with E-state index in [0.717, 1.165) is 0 Å². The third kappa shape index (κ3) is 3.19. The standard InChI is InChI=1S/C17H14FN7O2/c1-27-15(26)9-25-17-12(7-22-25)16(19-10-20-17)23-11-6-21-24(8-11)14-5-3-2-4-13(14)18/h2-8,10H,9H2,1H3,(H,19,20,23). The molecular formula is C17H14FN7O2. The van der Waals surface area contributed by atoms with Crippen LogP contribution in [0.5, 0.6) is 0 Å². The van der Waals surface area contributed by atoms with Gasteiger partial charge in [0.05, 0.1) is 36.8 Å². The van der Waals surface area contributed by atoms with Crippen LogP contribution in [-0.2, 0) is 16.1 Å². The predicted octanol–water partition coefficient (Wildman–Crippen LogP) is 2.07. The second kappa shape index (κ2) is 6.83. The Hall–Kier alpha value is -3.82. The third-order valence-electron chi connectivity index (χ3n) is 3.88. The molecular weight excluding hydrogens is 353 g/mol. The van der Waals surface area contributed by atoms with E-state index in [1.807, 2.05) is 0 Å². The Balaban J connectivity index is 1.63. The lowest BCUT2D eigenvalue weighted by molar-refractivity contribution is -0.141. The second-order valence-electron chi connectivity index (χ2n) is 5.59. The highest BCUT2D eigenvalue weighted by Gasteiger charge is 2.13. The number of esters is 1. The number of halogens is 1. The molecule has 0 atom stereocenters. The zero-order chi connectivity index (χ0) is 18.8. The summed E-state index contributed by atoms with van der Waals surface area (Å²) in [7, 11) is 1.31. The maximum atomic E-state index is 13.9. The number of carbonyl (C=O) groups excluding carboxylic acids is 1. The number of nitrogens with zero attached hydrogens (tertiary/aromatic N) is 6. The summed E-state index contributed by atoms with van der Waals surface area (Å²) in [6.45, 7) is -0.0539. The molecule has 136 valence electrons. The monoisotopic (exact) mass is 367 g/mol. The minimum atomic E-state index is -0.431. The van der Waals surface area contributed by atoms with Crippen molar-refractivity contribution in [1.82, 2.24) is 29.5 Å². The van der Waals surface area contributed by atoms with E-state index in [1.54, 1.807) is 36.8 Å². The second-order valence-corrected chi connectivity index (χ2v) is 5.59. The predicted molar refractivity (Wildman–Crippen MR) is 94.1 cm³/mol. The zero-order valence-electron chi connectivity index (χ0n) is 14.2. The molecule has 1 aromatic carbocycles. The van der Waals surface area contributed by atoms with Gasteiger partial charge in [-0.3, -0.25) is 4.79 Å². The molecule has 0 aliphatic heterocycles. The number of aromatic nitrogens is 6. The van der Waals surface area contributed by atoms with Crippen LogP contribution in [0.1, 0.15) is 0 Å². The molecule has 0 saturated heterocycles. The lowest BCUT2D eigenvalue weighted by Crippen LogP contribution is -2.13. The van der Waals surface area contributed by atoms with E-state index in [-0.39, 0.29) is 12.4 Å². The fraction of sp³-hybridized carbons (Fsp3) is 0.118. The smallest absolute Gasteiger partial charge is 0.327 e. The highest BCUT2D eigenvalue weighted by atomic mass is 19.1. The van der Waals surface area contributed by atoms with Crippen molar-refractivity contribution in [3.05, 3.63) is 55.0 Å². The van der Waals surface area contributed by atoms with Crippen LogP contribution in [0.25, 0.3) is 16.7 Å². The summed E-state index contributed by atoms with van der Waals surface area (Å²) < 4.78 is 21.4. The van der Waals surface area contributed by atoms with Crippen LogP contribution in [0.2, 0.25) is 0 Å². The molecule has 27 heavy (non-hydrogen) atoms. The molecule has 0 aliphatic rings. The van der Waals surface area contributed by atoms with Crippen molar-refractivity contribution in [2.75, 3.05) is 12.4 Å². The summed E-state index contributed by atoms with van der Waals surface area (Å²) in [5.41, 5.74) is 1.43. The van der Waals surface area contributed by atoms with Crippen LogP contribution >= 0.6 is 0 Å². The highest BCUT2D eigenvalue weighted by molar-refractivity contribution is 5.88. The topological polar surface area (TPSA) is 99.8 Å². The number of rotatable bonds is 5. The number of hydrogen-bond acceptors (Lipinski definition) is 7. The number of benzene rings is 1. The van der Waals surface area contributed by atoms with Crippen molar-refractivity contribution in [2.45, 2.75) is 6.54 Å². The first-order chi connectivity index (χ1) is 13.2. The van der Waals surface area contributed by atoms with E-state index in [1.165, 1.54) is 28.9 Å². The molecule has 0 amide bonds. The number of nitrogens with one attached hydrogen (secondary N) is 1. The molecule has 1 N–H and O–H groups in total. The van der Waals surface area contributed by atoms with Crippen molar-refractivity contribution in [2.24, 2.45) is 0 Å². The summed E-state index contributed by atoms with van der Waals surface area (Å²) >= 11 is 0. The summed E-state index contributed by atoms with van der Waals surface area (Å²) in [6, 6.07) is 6.35. The molecule has 3 heterocycles. The first-order valence-corrected chi connectivity index (χ1v) is 7.95. The van der Waals surface area contributed by atoms with Crippen LogP contribution in [0.4, 0.5) is 15.9 Å². The van der Waals surface area contributed by atoms with E-state index in [0.29, 0.717) is 28.2 Å². The Kier molecular flexibility index (Phi) is 4.21. The van der Waals surface area contributed by atoms with Crippen LogP contribution in [0, 0.1) is 5.82 Å². The van der Waals surface area contributed by atoms with Gasteiger partial charge < -0.3 is 10.1 Å². The number of methoxy groups -OCH3 is 1. The van der Waals surface area contributed by atoms with Crippen molar-refractivity contribution in [3.8, 4) is 5.69 Å². The van der Waals surface area contributed by atoms with Gasteiger partial charge in [-0.15, -0.1) is 0 Å². The number of para-hydroxylation sites is 1. The van der Waals surface area contributed by atoms with Gasteiger partial charge in [-0.25, -0.2) is 23.7 Å². The van der Waals surface area contributed by atoms with E-state index in [4.69, 9.17) is 0 Å². The zero-order valence-corrected chi connectivity index (χ0v) is 14.2. The van der Waals surface area contributed by atoms with Crippen LogP contribution in [-0.4, -0.2) is 42.6 Å². The molecule has 0 saturated carbocycles. The van der Waals surface area contributed by atoms with Gasteiger partial charge in [-0.2, -0.15) is 10.2 Å². The summed E-state index contributed by atoms with van der Waals surface area (Å²) in [6.07, 6.45) is 6.12. The van der Waals surface area contributed by atoms with Crippen molar-refractivity contribution >= 4 is 28.5 Å². The van der Waals surface area contributed by atoms with Gasteiger partial charge in [0.2, 0.25) is 0 Å². The lowest BCUT2D eigenvalue weighted by Gasteiger charge is -2.05. The SMILES string of the molecule is COC(=O)Cn1ncc2c(Nc3cnn(-c4ccccc4F)c3)ncnc21. The maximum absolute atomic E-state index is 13.9. The van der Waals surface area contributed by atoms with Crippen molar-refractivity contribution in [3.63, 3.8) is 0 Å². The fourth-order valence-corrected chi connectivity index (χ4v) is 2.59. The molecule has 0 fully saturated rings. The van der Waals surface area contributed by atoms with Crippen LogP contribution in [0.15, 0.2) is 49.2 Å². The minimum Gasteiger partial charge on any atom is -0.468 e. The number of fused-ring (bicyclic) bond motifs is 1. The lowest BCUT2D eigenvalue weighted by atomic mass is 10.3. The normalized spacial score (nSPS) is 10.9. The molecule has 0 aliphatic carbocycles. The van der Waals surface area contributed by atoms with Crippen molar-refractivity contribution < 1.29 is 13.9 Å². The molecule has 4 rings (SSSR count). The molecule has 0 spiro atoms. The van der Waals surface area contributed by atoms with E-state index >= 15 is 0 Å². The van der Waals surface area contributed by atoms with Gasteiger partial charge in [-0.05, 0) is 12.1 Å². The molecule has 0 radical (unpaired) electrons. The quantitative estimate of drug-likeness (QED) is 0.539. The Bertz CT molecular complexity index is 1120. The minimum absolute atomic E-state index is 0.0539. The van der Waals surface area contributed by atoms with Gasteiger partial charge in [-0.1, -0.05) is 12.1 Å². The Morgan fingerprint density at radius 3 is 2.89 bits per heavy atom. The molecule has 0 bridgehead atoms. The van der Waals surface area contributed by atoms with Crippen molar-refractivity contribution in [1.29, 1.82) is 0 Å². The van der Waals surface area contributed by atoms with Crippen LogP contribution < -0.4 is 5.32 Å². The van der Waals surface area contributed by atoms with E-state index < -0.39 is 5.97 Å². The number of carbonyl (C=O) groups is 1.